The second-order valence-corrected chi connectivity index (χ2v) is 7.77. The van der Waals surface area contributed by atoms with E-state index in [9.17, 15) is 0 Å². The Labute approximate surface area is 102 Å². The summed E-state index contributed by atoms with van der Waals surface area (Å²) in [4.78, 5) is 0. The molecule has 0 spiro atoms. The van der Waals surface area contributed by atoms with Gasteiger partial charge in [-0.05, 0) is 50.4 Å². The number of rotatable bonds is 0. The van der Waals surface area contributed by atoms with Crippen LogP contribution in [-0.2, 0) is 4.74 Å². The van der Waals surface area contributed by atoms with E-state index in [-0.39, 0.29) is 5.60 Å². The fraction of sp³-hybridized carbons (Fsp3) is 1.00. The van der Waals surface area contributed by atoms with E-state index in [0.717, 1.165) is 12.8 Å². The van der Waals surface area contributed by atoms with Crippen molar-refractivity contribution >= 4 is 0 Å². The van der Waals surface area contributed by atoms with Gasteiger partial charge in [-0.25, -0.2) is 0 Å². The van der Waals surface area contributed by atoms with E-state index < -0.39 is 0 Å². The van der Waals surface area contributed by atoms with Crippen LogP contribution in [-0.4, -0.2) is 11.7 Å². The van der Waals surface area contributed by atoms with Crippen molar-refractivity contribution in [2.24, 2.45) is 16.7 Å². The van der Waals surface area contributed by atoms with Crippen LogP contribution < -0.4 is 0 Å². The third kappa shape index (κ3) is 3.00. The quantitative estimate of drug-likeness (QED) is 0.584. The largest absolute Gasteiger partial charge is 0.373 e. The van der Waals surface area contributed by atoms with Gasteiger partial charge in [0.05, 0.1) is 11.7 Å². The van der Waals surface area contributed by atoms with Crippen LogP contribution in [0.15, 0.2) is 0 Å². The molecular weight excluding hydrogens is 196 g/mol. The van der Waals surface area contributed by atoms with Crippen molar-refractivity contribution < 1.29 is 4.74 Å². The molecule has 0 aliphatic carbocycles. The maximum atomic E-state index is 6.20. The van der Waals surface area contributed by atoms with Crippen molar-refractivity contribution in [2.45, 2.75) is 79.9 Å². The van der Waals surface area contributed by atoms with Crippen LogP contribution in [0.1, 0.15) is 68.2 Å². The molecule has 1 rings (SSSR count). The van der Waals surface area contributed by atoms with Crippen LogP contribution >= 0.6 is 0 Å². The molecule has 1 heterocycles. The smallest absolute Gasteiger partial charge is 0.0635 e. The third-order valence-corrected chi connectivity index (χ3v) is 4.56. The van der Waals surface area contributed by atoms with E-state index in [4.69, 9.17) is 4.74 Å². The first-order valence-electron chi connectivity index (χ1n) is 6.64. The van der Waals surface area contributed by atoms with Crippen LogP contribution in [0.5, 0.6) is 0 Å². The maximum absolute atomic E-state index is 6.20. The lowest BCUT2D eigenvalue weighted by Crippen LogP contribution is -2.46. The standard InChI is InChI=1S/C15H30O/c1-11-9-13(3,4)12(2)14(5,6)10-15(7,8)16-11/h11-12H,9-10H2,1-8H3. The van der Waals surface area contributed by atoms with Crippen molar-refractivity contribution in [2.75, 3.05) is 0 Å². The monoisotopic (exact) mass is 226 g/mol. The molecule has 0 aromatic rings. The Morgan fingerprint density at radius 1 is 0.875 bits per heavy atom. The second-order valence-electron chi connectivity index (χ2n) is 7.77. The molecule has 2 unspecified atom stereocenters. The Hall–Kier alpha value is -0.0400. The first kappa shape index (κ1) is 14.0. The molecule has 0 saturated carbocycles. The Morgan fingerprint density at radius 2 is 1.38 bits per heavy atom. The minimum atomic E-state index is 0.00762. The molecule has 0 radical (unpaired) electrons. The minimum Gasteiger partial charge on any atom is -0.373 e. The third-order valence-electron chi connectivity index (χ3n) is 4.56. The lowest BCUT2D eigenvalue weighted by Gasteiger charge is -2.50. The Balaban J connectivity index is 3.01. The molecule has 1 nitrogen and oxygen atoms in total. The zero-order valence-corrected chi connectivity index (χ0v) is 12.5. The first-order valence-corrected chi connectivity index (χ1v) is 6.64. The van der Waals surface area contributed by atoms with E-state index in [0.29, 0.717) is 22.9 Å². The van der Waals surface area contributed by atoms with Gasteiger partial charge in [0.2, 0.25) is 0 Å². The van der Waals surface area contributed by atoms with Gasteiger partial charge in [-0.1, -0.05) is 34.6 Å². The summed E-state index contributed by atoms with van der Waals surface area (Å²) in [7, 11) is 0. The highest BCUT2D eigenvalue weighted by atomic mass is 16.5. The van der Waals surface area contributed by atoms with Gasteiger partial charge in [0.25, 0.3) is 0 Å². The van der Waals surface area contributed by atoms with Crippen LogP contribution in [0.4, 0.5) is 0 Å². The maximum Gasteiger partial charge on any atom is 0.0635 e. The summed E-state index contributed by atoms with van der Waals surface area (Å²) in [6.45, 7) is 18.6. The van der Waals surface area contributed by atoms with Crippen molar-refractivity contribution in [3.05, 3.63) is 0 Å². The van der Waals surface area contributed by atoms with Crippen molar-refractivity contribution in [3.63, 3.8) is 0 Å². The van der Waals surface area contributed by atoms with Gasteiger partial charge >= 0.3 is 0 Å². The lowest BCUT2D eigenvalue weighted by atomic mass is 9.60. The van der Waals surface area contributed by atoms with Gasteiger partial charge < -0.3 is 4.74 Å². The van der Waals surface area contributed by atoms with Crippen molar-refractivity contribution in [1.82, 2.24) is 0 Å². The molecule has 2 atom stereocenters. The average molecular weight is 226 g/mol. The number of hydrogen-bond donors (Lipinski definition) is 0. The fourth-order valence-corrected chi connectivity index (χ4v) is 3.85. The van der Waals surface area contributed by atoms with Gasteiger partial charge in [0.1, 0.15) is 0 Å². The molecule has 0 bridgehead atoms. The zero-order valence-electron chi connectivity index (χ0n) is 12.5. The molecule has 0 N–H and O–H groups in total. The highest BCUT2D eigenvalue weighted by molar-refractivity contribution is 4.93. The van der Waals surface area contributed by atoms with Crippen LogP contribution in [0.3, 0.4) is 0 Å². The summed E-state index contributed by atoms with van der Waals surface area (Å²) in [5.74, 6) is 0.714. The van der Waals surface area contributed by atoms with E-state index in [2.05, 4.69) is 55.4 Å². The highest BCUT2D eigenvalue weighted by Crippen LogP contribution is 2.49. The molecule has 1 heteroatoms. The lowest BCUT2D eigenvalue weighted by molar-refractivity contribution is -0.138. The topological polar surface area (TPSA) is 9.23 Å². The van der Waals surface area contributed by atoms with E-state index in [1.165, 1.54) is 0 Å². The molecular formula is C15H30O. The highest BCUT2D eigenvalue weighted by Gasteiger charge is 2.44. The van der Waals surface area contributed by atoms with Crippen molar-refractivity contribution in [1.29, 1.82) is 0 Å². The minimum absolute atomic E-state index is 0.00762. The summed E-state index contributed by atoms with van der Waals surface area (Å²) in [6.07, 6.45) is 2.65. The van der Waals surface area contributed by atoms with E-state index >= 15 is 0 Å². The molecule has 16 heavy (non-hydrogen) atoms. The van der Waals surface area contributed by atoms with Crippen LogP contribution in [0, 0.1) is 16.7 Å². The SMILES string of the molecule is CC1CC(C)(C)C(C)C(C)(C)CC(C)(C)O1. The van der Waals surface area contributed by atoms with Gasteiger partial charge in [-0.15, -0.1) is 0 Å². The Kier molecular flexibility index (Phi) is 3.52. The summed E-state index contributed by atoms with van der Waals surface area (Å²) < 4.78 is 6.20. The normalized spacial score (nSPS) is 37.5. The van der Waals surface area contributed by atoms with Gasteiger partial charge in [-0.2, -0.15) is 0 Å². The van der Waals surface area contributed by atoms with E-state index in [1.807, 2.05) is 0 Å². The fourth-order valence-electron chi connectivity index (χ4n) is 3.85. The molecule has 0 amide bonds. The molecule has 0 aromatic carbocycles. The first-order chi connectivity index (χ1) is 6.96. The predicted octanol–water partition coefficient (Wildman–Crippen LogP) is 4.65. The Bertz CT molecular complexity index is 250. The molecule has 1 fully saturated rings. The Morgan fingerprint density at radius 3 is 1.88 bits per heavy atom. The van der Waals surface area contributed by atoms with Crippen molar-refractivity contribution in [3.8, 4) is 0 Å². The number of hydrogen-bond acceptors (Lipinski definition) is 1. The van der Waals surface area contributed by atoms with Gasteiger partial charge in [0.15, 0.2) is 0 Å². The summed E-state index contributed by atoms with van der Waals surface area (Å²) in [6, 6.07) is 0. The predicted molar refractivity (Wildman–Crippen MR) is 70.6 cm³/mol. The molecule has 0 aromatic heterocycles. The van der Waals surface area contributed by atoms with Gasteiger partial charge in [-0.3, -0.25) is 0 Å². The van der Waals surface area contributed by atoms with Crippen LogP contribution in [0.25, 0.3) is 0 Å². The zero-order chi connectivity index (χ0) is 12.8. The molecule has 1 aliphatic rings. The van der Waals surface area contributed by atoms with E-state index in [1.54, 1.807) is 0 Å². The van der Waals surface area contributed by atoms with Gasteiger partial charge in [0, 0.05) is 0 Å². The average Bonchev–Trinajstić information content (AvgIpc) is 1.96. The summed E-state index contributed by atoms with van der Waals surface area (Å²) in [5.41, 5.74) is 0.709. The summed E-state index contributed by atoms with van der Waals surface area (Å²) in [5, 5.41) is 0. The summed E-state index contributed by atoms with van der Waals surface area (Å²) >= 11 is 0. The molecule has 1 aliphatic heterocycles. The molecule has 1 saturated heterocycles. The number of ether oxygens (including phenoxy) is 1. The molecule has 96 valence electrons. The second kappa shape index (κ2) is 4.01. The van der Waals surface area contributed by atoms with Crippen LogP contribution in [0.2, 0.25) is 0 Å².